The quantitative estimate of drug-likeness (QED) is 0.234. The van der Waals surface area contributed by atoms with E-state index in [2.05, 4.69) is 20.3 Å². The van der Waals surface area contributed by atoms with Gasteiger partial charge in [-0.1, -0.05) is 36.4 Å². The first kappa shape index (κ1) is 26.7. The summed E-state index contributed by atoms with van der Waals surface area (Å²) in [7, 11) is -1.79. The normalized spacial score (nSPS) is 11.6. The van der Waals surface area contributed by atoms with Gasteiger partial charge in [-0.25, -0.2) is 17.5 Å². The fraction of sp³-hybridized carbons (Fsp3) is 0.350. The fourth-order valence-corrected chi connectivity index (χ4v) is 4.10. The van der Waals surface area contributed by atoms with E-state index in [0.29, 0.717) is 18.3 Å². The molecule has 2 rings (SSSR count). The van der Waals surface area contributed by atoms with E-state index in [-0.39, 0.29) is 48.6 Å². The van der Waals surface area contributed by atoms with Gasteiger partial charge in [-0.2, -0.15) is 11.8 Å². The Kier molecular flexibility index (Phi) is 12.3. The molecule has 0 amide bonds. The molecule has 0 radical (unpaired) electrons. The second-order valence-corrected chi connectivity index (χ2v) is 9.12. The van der Waals surface area contributed by atoms with E-state index in [1.807, 2.05) is 36.6 Å². The number of rotatable bonds is 10. The van der Waals surface area contributed by atoms with Gasteiger partial charge in [-0.05, 0) is 35.1 Å². The molecule has 6 nitrogen and oxygen atoms in total. The molecule has 0 fully saturated rings. The van der Waals surface area contributed by atoms with E-state index in [1.54, 1.807) is 24.9 Å². The first-order valence-electron chi connectivity index (χ1n) is 9.15. The van der Waals surface area contributed by atoms with Crippen LogP contribution in [-0.2, 0) is 28.9 Å². The summed E-state index contributed by atoms with van der Waals surface area (Å²) < 4.78 is 40.3. The molecule has 0 aromatic heterocycles. The molecule has 0 aliphatic heterocycles. The molecule has 0 aliphatic carbocycles. The van der Waals surface area contributed by atoms with Crippen LogP contribution < -0.4 is 15.4 Å². The van der Waals surface area contributed by atoms with Gasteiger partial charge in [-0.3, -0.25) is 4.99 Å². The predicted octanol–water partition coefficient (Wildman–Crippen LogP) is 3.09. The van der Waals surface area contributed by atoms with Gasteiger partial charge in [0.2, 0.25) is 10.0 Å². The van der Waals surface area contributed by atoms with Crippen molar-refractivity contribution in [3.8, 4) is 0 Å². The van der Waals surface area contributed by atoms with E-state index in [0.717, 1.165) is 16.7 Å². The van der Waals surface area contributed by atoms with Crippen molar-refractivity contribution in [3.05, 3.63) is 71.0 Å². The summed E-state index contributed by atoms with van der Waals surface area (Å²) in [6.07, 6.45) is 1.97. The lowest BCUT2D eigenvalue weighted by atomic mass is 10.1. The summed E-state index contributed by atoms with van der Waals surface area (Å²) >= 11 is 1.62. The number of aliphatic imine (C=N–C) groups is 1. The lowest BCUT2D eigenvalue weighted by Crippen LogP contribution is -2.40. The van der Waals surface area contributed by atoms with Gasteiger partial charge in [0.25, 0.3) is 0 Å². The van der Waals surface area contributed by atoms with Crippen LogP contribution in [-0.4, -0.2) is 40.0 Å². The number of nitrogens with one attached hydrogen (secondary N) is 3. The van der Waals surface area contributed by atoms with Crippen LogP contribution in [0.3, 0.4) is 0 Å². The zero-order valence-electron chi connectivity index (χ0n) is 17.0. The van der Waals surface area contributed by atoms with Crippen molar-refractivity contribution in [3.63, 3.8) is 0 Å². The number of nitrogens with zero attached hydrogens (tertiary/aromatic N) is 1. The molecule has 0 aliphatic rings. The lowest BCUT2D eigenvalue weighted by molar-refractivity contribution is 0.580. The van der Waals surface area contributed by atoms with Gasteiger partial charge in [-0.15, -0.1) is 24.0 Å². The Morgan fingerprint density at radius 1 is 1.07 bits per heavy atom. The molecule has 0 heterocycles. The third-order valence-corrected chi connectivity index (χ3v) is 6.07. The van der Waals surface area contributed by atoms with Crippen LogP contribution >= 0.6 is 35.7 Å². The van der Waals surface area contributed by atoms with Crippen molar-refractivity contribution in [1.82, 2.24) is 15.4 Å². The number of hydrogen-bond acceptors (Lipinski definition) is 4. The minimum atomic E-state index is -3.41. The molecule has 0 saturated heterocycles. The molecule has 2 aromatic rings. The molecule has 0 spiro atoms. The Labute approximate surface area is 199 Å². The summed E-state index contributed by atoms with van der Waals surface area (Å²) in [5.74, 6) is 0.872. The maximum atomic E-state index is 13.5. The van der Waals surface area contributed by atoms with Crippen LogP contribution in [0.15, 0.2) is 53.5 Å². The highest BCUT2D eigenvalue weighted by Crippen LogP contribution is 2.16. The maximum Gasteiger partial charge on any atom is 0.213 e. The standard InChI is InChI=1S/C20H27FN4O2S2.HI/c1-22-20(24-14-17-8-9-19(21)12-18(17)15-28-2)23-10-11-29(26,27)25-13-16-6-4-3-5-7-16;/h3-9,12,25H,10-11,13-15H2,1-2H3,(H2,22,23,24);1H. The highest BCUT2D eigenvalue weighted by Gasteiger charge is 2.11. The van der Waals surface area contributed by atoms with Crippen molar-refractivity contribution in [2.45, 2.75) is 18.8 Å². The third-order valence-electron chi connectivity index (χ3n) is 4.14. The van der Waals surface area contributed by atoms with Crippen LogP contribution in [0.1, 0.15) is 16.7 Å². The SMILES string of the molecule is CN=C(NCCS(=O)(=O)NCc1ccccc1)NCc1ccc(F)cc1CSC.I. The van der Waals surface area contributed by atoms with E-state index in [9.17, 15) is 12.8 Å². The number of thioether (sulfide) groups is 1. The van der Waals surface area contributed by atoms with Crippen LogP contribution in [0, 0.1) is 5.82 Å². The lowest BCUT2D eigenvalue weighted by Gasteiger charge is -2.14. The van der Waals surface area contributed by atoms with Gasteiger partial charge >= 0.3 is 0 Å². The average molecular weight is 567 g/mol. The topological polar surface area (TPSA) is 82.6 Å². The summed E-state index contributed by atoms with van der Waals surface area (Å²) in [6.45, 7) is 0.943. The Morgan fingerprint density at radius 3 is 2.47 bits per heavy atom. The van der Waals surface area contributed by atoms with E-state index < -0.39 is 10.0 Å². The van der Waals surface area contributed by atoms with Crippen LogP contribution in [0.5, 0.6) is 0 Å². The molecular weight excluding hydrogens is 538 g/mol. The zero-order valence-corrected chi connectivity index (χ0v) is 21.0. The number of benzene rings is 2. The van der Waals surface area contributed by atoms with Gasteiger partial charge in [0.1, 0.15) is 5.82 Å². The Bertz CT molecular complexity index is 912. The first-order valence-corrected chi connectivity index (χ1v) is 12.2. The molecule has 166 valence electrons. The van der Waals surface area contributed by atoms with Crippen LogP contribution in [0.25, 0.3) is 0 Å². The monoisotopic (exact) mass is 566 g/mol. The predicted molar refractivity (Wildman–Crippen MR) is 134 cm³/mol. The molecule has 0 atom stereocenters. The number of guanidine groups is 1. The van der Waals surface area contributed by atoms with Crippen LogP contribution in [0.4, 0.5) is 4.39 Å². The molecule has 0 unspecified atom stereocenters. The summed E-state index contributed by atoms with van der Waals surface area (Å²) in [5, 5.41) is 6.14. The second-order valence-electron chi connectivity index (χ2n) is 6.32. The molecule has 30 heavy (non-hydrogen) atoms. The Balaban J connectivity index is 0.00000450. The Morgan fingerprint density at radius 2 is 1.80 bits per heavy atom. The fourth-order valence-electron chi connectivity index (χ4n) is 2.62. The summed E-state index contributed by atoms with van der Waals surface area (Å²) in [5.41, 5.74) is 2.80. The smallest absolute Gasteiger partial charge is 0.213 e. The van der Waals surface area contributed by atoms with E-state index in [4.69, 9.17) is 0 Å². The average Bonchev–Trinajstić information content (AvgIpc) is 2.71. The number of halogens is 2. The number of hydrogen-bond donors (Lipinski definition) is 3. The third kappa shape index (κ3) is 9.63. The highest BCUT2D eigenvalue weighted by molar-refractivity contribution is 14.0. The van der Waals surface area contributed by atoms with Gasteiger partial charge < -0.3 is 10.6 Å². The maximum absolute atomic E-state index is 13.5. The van der Waals surface area contributed by atoms with Crippen molar-refractivity contribution in [2.75, 3.05) is 25.6 Å². The minimum Gasteiger partial charge on any atom is -0.355 e. The zero-order chi connectivity index (χ0) is 21.1. The van der Waals surface area contributed by atoms with E-state index >= 15 is 0 Å². The Hall–Kier alpha value is -1.37. The molecule has 2 aromatic carbocycles. The van der Waals surface area contributed by atoms with Crippen molar-refractivity contribution in [1.29, 1.82) is 0 Å². The van der Waals surface area contributed by atoms with Crippen molar-refractivity contribution >= 4 is 51.7 Å². The second kappa shape index (κ2) is 13.8. The van der Waals surface area contributed by atoms with Gasteiger partial charge in [0.05, 0.1) is 5.75 Å². The van der Waals surface area contributed by atoms with Gasteiger partial charge in [0, 0.05) is 32.4 Å². The molecule has 3 N–H and O–H groups in total. The molecule has 0 saturated carbocycles. The van der Waals surface area contributed by atoms with Crippen LogP contribution in [0.2, 0.25) is 0 Å². The summed E-state index contributed by atoms with van der Waals surface area (Å²) in [6, 6.07) is 14.1. The van der Waals surface area contributed by atoms with E-state index in [1.165, 1.54) is 12.1 Å². The van der Waals surface area contributed by atoms with Crippen molar-refractivity contribution < 1.29 is 12.8 Å². The minimum absolute atomic E-state index is 0. The highest BCUT2D eigenvalue weighted by atomic mass is 127. The molecular formula is C20H28FIN4O2S2. The van der Waals surface area contributed by atoms with Crippen molar-refractivity contribution in [2.24, 2.45) is 4.99 Å². The first-order chi connectivity index (χ1) is 13.9. The number of sulfonamides is 1. The summed E-state index contributed by atoms with van der Waals surface area (Å²) in [4.78, 5) is 4.11. The molecule has 0 bridgehead atoms. The molecule has 10 heteroatoms. The largest absolute Gasteiger partial charge is 0.355 e. The van der Waals surface area contributed by atoms with Gasteiger partial charge in [0.15, 0.2) is 5.96 Å².